The first-order valence-corrected chi connectivity index (χ1v) is 9.48. The number of likely N-dealkylation sites (tertiary alicyclic amines) is 1. The maximum atomic E-state index is 12.6. The number of amides is 1. The molecular weight excluding hydrogens is 358 g/mol. The second-order valence-corrected chi connectivity index (χ2v) is 7.93. The molecule has 0 saturated carbocycles. The number of rotatable bonds is 4. The van der Waals surface area contributed by atoms with Gasteiger partial charge >= 0.3 is 5.97 Å². The van der Waals surface area contributed by atoms with E-state index >= 15 is 0 Å². The monoisotopic (exact) mass is 373 g/mol. The van der Waals surface area contributed by atoms with Crippen molar-refractivity contribution in [3.8, 4) is 0 Å². The van der Waals surface area contributed by atoms with Crippen LogP contribution in [0.1, 0.15) is 16.1 Å². The number of para-hydroxylation sites is 1. The summed E-state index contributed by atoms with van der Waals surface area (Å²) in [5.74, 6) is -1.39. The van der Waals surface area contributed by atoms with Gasteiger partial charge in [0.05, 0.1) is 15.5 Å². The van der Waals surface area contributed by atoms with Crippen molar-refractivity contribution in [1.82, 2.24) is 9.88 Å². The van der Waals surface area contributed by atoms with Gasteiger partial charge in [0.25, 0.3) is 5.91 Å². The molecule has 0 spiro atoms. The summed E-state index contributed by atoms with van der Waals surface area (Å²) in [7, 11) is 0. The zero-order valence-electron chi connectivity index (χ0n) is 13.1. The van der Waals surface area contributed by atoms with Crippen LogP contribution in [0.2, 0.25) is 0 Å². The fourth-order valence-corrected chi connectivity index (χ4v) is 4.95. The van der Waals surface area contributed by atoms with Gasteiger partial charge < -0.3 is 15.3 Å². The van der Waals surface area contributed by atoms with Crippen molar-refractivity contribution in [2.75, 3.05) is 18.4 Å². The minimum atomic E-state index is -0.833. The lowest BCUT2D eigenvalue weighted by Crippen LogP contribution is -2.29. The van der Waals surface area contributed by atoms with Crippen LogP contribution in [0.4, 0.5) is 10.8 Å². The zero-order valence-corrected chi connectivity index (χ0v) is 14.8. The van der Waals surface area contributed by atoms with Crippen LogP contribution in [0.15, 0.2) is 36.4 Å². The maximum absolute atomic E-state index is 12.6. The minimum absolute atomic E-state index is 0.100. The number of thiazole rings is 1. The highest BCUT2D eigenvalue weighted by Gasteiger charge is 2.32. The summed E-state index contributed by atoms with van der Waals surface area (Å²) in [5, 5.41) is 13.1. The summed E-state index contributed by atoms with van der Waals surface area (Å²) in [6.07, 6.45) is 0.518. The van der Waals surface area contributed by atoms with E-state index in [0.29, 0.717) is 17.8 Å². The first kappa shape index (κ1) is 16.0. The number of hydrogen-bond acceptors (Lipinski definition) is 6. The SMILES string of the molecule is O=C(O)[C@@H]1CCN(C(=O)c2cc3sc(Nc4ccccc4)nc3s2)C1. The molecule has 1 amide bonds. The lowest BCUT2D eigenvalue weighted by Gasteiger charge is -2.14. The number of carbonyl (C=O) groups is 2. The van der Waals surface area contributed by atoms with Gasteiger partial charge in [-0.2, -0.15) is 0 Å². The number of fused-ring (bicyclic) bond motifs is 1. The van der Waals surface area contributed by atoms with Crippen molar-refractivity contribution in [1.29, 1.82) is 0 Å². The van der Waals surface area contributed by atoms with Gasteiger partial charge in [-0.15, -0.1) is 11.3 Å². The number of carboxylic acids is 1. The number of aliphatic carboxylic acids is 1. The largest absolute Gasteiger partial charge is 0.481 e. The van der Waals surface area contributed by atoms with E-state index in [1.54, 1.807) is 4.90 Å². The molecule has 8 heteroatoms. The predicted octanol–water partition coefficient (Wildman–Crippen LogP) is 3.65. The second-order valence-electron chi connectivity index (χ2n) is 5.87. The predicted molar refractivity (Wildman–Crippen MR) is 98.9 cm³/mol. The van der Waals surface area contributed by atoms with E-state index in [9.17, 15) is 9.59 Å². The van der Waals surface area contributed by atoms with Crippen LogP contribution in [0.25, 0.3) is 9.53 Å². The summed E-state index contributed by atoms with van der Waals surface area (Å²) < 4.78 is 0.959. The average molecular weight is 373 g/mol. The molecule has 0 radical (unpaired) electrons. The highest BCUT2D eigenvalue weighted by Crippen LogP contribution is 2.35. The van der Waals surface area contributed by atoms with Crippen LogP contribution in [0.3, 0.4) is 0 Å². The van der Waals surface area contributed by atoms with Gasteiger partial charge in [0.1, 0.15) is 4.83 Å². The van der Waals surface area contributed by atoms with Gasteiger partial charge in [-0.25, -0.2) is 4.98 Å². The van der Waals surface area contributed by atoms with Gasteiger partial charge in [0.2, 0.25) is 0 Å². The summed E-state index contributed by atoms with van der Waals surface area (Å²) in [5.41, 5.74) is 0.969. The smallest absolute Gasteiger partial charge is 0.308 e. The zero-order chi connectivity index (χ0) is 17.4. The second kappa shape index (κ2) is 6.45. The number of nitrogens with one attached hydrogen (secondary N) is 1. The number of benzene rings is 1. The molecule has 1 fully saturated rings. The Morgan fingerprint density at radius 1 is 1.24 bits per heavy atom. The van der Waals surface area contributed by atoms with E-state index in [2.05, 4.69) is 10.3 Å². The lowest BCUT2D eigenvalue weighted by atomic mass is 10.1. The van der Waals surface area contributed by atoms with Gasteiger partial charge in [0, 0.05) is 18.8 Å². The quantitative estimate of drug-likeness (QED) is 0.729. The van der Waals surface area contributed by atoms with Crippen LogP contribution in [0.5, 0.6) is 0 Å². The van der Waals surface area contributed by atoms with Crippen molar-refractivity contribution in [2.45, 2.75) is 6.42 Å². The molecule has 1 aliphatic heterocycles. The first-order chi connectivity index (χ1) is 12.1. The molecule has 25 heavy (non-hydrogen) atoms. The molecule has 0 unspecified atom stereocenters. The number of nitrogens with zero attached hydrogens (tertiary/aromatic N) is 2. The Morgan fingerprint density at radius 2 is 2.04 bits per heavy atom. The third kappa shape index (κ3) is 3.22. The number of aromatic nitrogens is 1. The molecule has 0 aliphatic carbocycles. The Hall–Kier alpha value is -2.45. The summed E-state index contributed by atoms with van der Waals surface area (Å²) in [4.78, 5) is 31.2. The highest BCUT2D eigenvalue weighted by molar-refractivity contribution is 7.29. The average Bonchev–Trinajstić information content (AvgIpc) is 3.29. The lowest BCUT2D eigenvalue weighted by molar-refractivity contribution is -0.141. The van der Waals surface area contributed by atoms with E-state index in [1.807, 2.05) is 36.4 Å². The molecule has 3 heterocycles. The summed E-state index contributed by atoms with van der Waals surface area (Å²) >= 11 is 2.86. The number of carbonyl (C=O) groups excluding carboxylic acids is 1. The maximum Gasteiger partial charge on any atom is 0.308 e. The standard InChI is InChI=1S/C17H15N3O3S2/c21-15(20-7-6-10(9-20)16(22)23)13-8-12-14(24-13)19-17(25-12)18-11-4-2-1-3-5-11/h1-5,8,10H,6-7,9H2,(H,18,19)(H,22,23)/t10-/m1/s1. The third-order valence-corrected chi connectivity index (χ3v) is 6.21. The molecule has 2 aromatic heterocycles. The Kier molecular flexibility index (Phi) is 4.14. The van der Waals surface area contributed by atoms with Crippen LogP contribution < -0.4 is 5.32 Å². The molecule has 3 aromatic rings. The van der Waals surface area contributed by atoms with E-state index in [0.717, 1.165) is 20.3 Å². The van der Waals surface area contributed by atoms with E-state index in [-0.39, 0.29) is 12.5 Å². The molecule has 2 N–H and O–H groups in total. The Morgan fingerprint density at radius 3 is 2.72 bits per heavy atom. The fourth-order valence-electron chi connectivity index (χ4n) is 2.84. The van der Waals surface area contributed by atoms with Crippen LogP contribution in [-0.2, 0) is 4.79 Å². The first-order valence-electron chi connectivity index (χ1n) is 7.84. The molecule has 1 saturated heterocycles. The molecule has 0 bridgehead atoms. The molecule has 6 nitrogen and oxygen atoms in total. The minimum Gasteiger partial charge on any atom is -0.481 e. The number of anilines is 2. The van der Waals surface area contributed by atoms with Crippen molar-refractivity contribution in [2.24, 2.45) is 5.92 Å². The summed E-state index contributed by atoms with van der Waals surface area (Å²) in [6, 6.07) is 11.7. The normalized spacial score (nSPS) is 17.1. The number of thiophene rings is 1. The molecule has 4 rings (SSSR count). The van der Waals surface area contributed by atoms with Gasteiger partial charge in [-0.05, 0) is 24.6 Å². The van der Waals surface area contributed by atoms with Crippen LogP contribution >= 0.6 is 22.7 Å². The number of hydrogen-bond donors (Lipinski definition) is 2. The third-order valence-electron chi connectivity index (χ3n) is 4.15. The Labute approximate surface area is 151 Å². The van der Waals surface area contributed by atoms with Gasteiger partial charge in [0.15, 0.2) is 5.13 Å². The van der Waals surface area contributed by atoms with E-state index in [4.69, 9.17) is 5.11 Å². The van der Waals surface area contributed by atoms with Crippen molar-refractivity contribution in [3.63, 3.8) is 0 Å². The fraction of sp³-hybridized carbons (Fsp3) is 0.235. The van der Waals surface area contributed by atoms with E-state index in [1.165, 1.54) is 22.7 Å². The van der Waals surface area contributed by atoms with Crippen molar-refractivity contribution < 1.29 is 14.7 Å². The number of carboxylic acid groups (broad SMARTS) is 1. The van der Waals surface area contributed by atoms with Crippen molar-refractivity contribution >= 4 is 54.9 Å². The molecule has 128 valence electrons. The molecular formula is C17H15N3O3S2. The topological polar surface area (TPSA) is 82.5 Å². The Balaban J connectivity index is 1.50. The van der Waals surface area contributed by atoms with Crippen LogP contribution in [-0.4, -0.2) is 40.0 Å². The van der Waals surface area contributed by atoms with Gasteiger partial charge in [-0.1, -0.05) is 29.5 Å². The van der Waals surface area contributed by atoms with Gasteiger partial charge in [-0.3, -0.25) is 9.59 Å². The Bertz CT molecular complexity index is 904. The molecule has 1 aromatic carbocycles. The van der Waals surface area contributed by atoms with Crippen molar-refractivity contribution in [3.05, 3.63) is 41.3 Å². The van der Waals surface area contributed by atoms with Crippen LogP contribution in [0, 0.1) is 5.92 Å². The summed E-state index contributed by atoms with van der Waals surface area (Å²) in [6.45, 7) is 0.781. The highest BCUT2D eigenvalue weighted by atomic mass is 32.1. The molecule has 1 aliphatic rings. The van der Waals surface area contributed by atoms with E-state index < -0.39 is 11.9 Å². The molecule has 1 atom stereocenters.